The van der Waals surface area contributed by atoms with Gasteiger partial charge in [0.05, 0.1) is 6.10 Å². The van der Waals surface area contributed by atoms with Gasteiger partial charge in [0.15, 0.2) is 0 Å². The molecule has 1 aromatic carbocycles. The van der Waals surface area contributed by atoms with Gasteiger partial charge >= 0.3 is 0 Å². The van der Waals surface area contributed by atoms with Crippen LogP contribution in [0, 0.1) is 6.92 Å². The van der Waals surface area contributed by atoms with Crippen LogP contribution in [0.2, 0.25) is 0 Å². The highest BCUT2D eigenvalue weighted by molar-refractivity contribution is 5.50. The fraction of sp³-hybridized carbons (Fsp3) is 0.400. The van der Waals surface area contributed by atoms with E-state index < -0.39 is 0 Å². The first-order valence-corrected chi connectivity index (χ1v) is 4.17. The van der Waals surface area contributed by atoms with Crippen molar-refractivity contribution in [2.45, 2.75) is 20.0 Å². The number of rotatable bonds is 3. The molecule has 0 amide bonds. The summed E-state index contributed by atoms with van der Waals surface area (Å²) in [6, 6.07) is 8.04. The van der Waals surface area contributed by atoms with E-state index >= 15 is 0 Å². The van der Waals surface area contributed by atoms with E-state index in [1.54, 1.807) is 6.92 Å². The molecule has 0 saturated heterocycles. The van der Waals surface area contributed by atoms with Crippen molar-refractivity contribution in [3.8, 4) is 0 Å². The molecule has 2 N–H and O–H groups in total. The number of para-hydroxylation sites is 1. The Labute approximate surface area is 73.2 Å². The predicted octanol–water partition coefficient (Wildman–Crippen LogP) is 1.79. The van der Waals surface area contributed by atoms with Crippen molar-refractivity contribution in [2.24, 2.45) is 0 Å². The summed E-state index contributed by atoms with van der Waals surface area (Å²) >= 11 is 0. The van der Waals surface area contributed by atoms with Crippen molar-refractivity contribution in [3.05, 3.63) is 29.8 Å². The van der Waals surface area contributed by atoms with Gasteiger partial charge in [-0.15, -0.1) is 0 Å². The van der Waals surface area contributed by atoms with E-state index in [1.807, 2.05) is 31.2 Å². The first kappa shape index (κ1) is 9.07. The quantitative estimate of drug-likeness (QED) is 0.715. The van der Waals surface area contributed by atoms with E-state index in [9.17, 15) is 0 Å². The van der Waals surface area contributed by atoms with Crippen LogP contribution in [0.15, 0.2) is 24.3 Å². The van der Waals surface area contributed by atoms with E-state index in [4.69, 9.17) is 5.11 Å². The third-order valence-electron chi connectivity index (χ3n) is 1.73. The van der Waals surface area contributed by atoms with Crippen LogP contribution >= 0.6 is 0 Å². The van der Waals surface area contributed by atoms with Gasteiger partial charge in [0.2, 0.25) is 0 Å². The molecule has 0 spiro atoms. The molecular weight excluding hydrogens is 150 g/mol. The van der Waals surface area contributed by atoms with Gasteiger partial charge in [-0.05, 0) is 25.5 Å². The standard InChI is InChI=1S/C10H15NO/c1-8-5-3-4-6-10(8)11-7-9(2)12/h3-6,9,11-12H,7H2,1-2H3. The molecule has 1 unspecified atom stereocenters. The number of aliphatic hydroxyl groups is 1. The van der Waals surface area contributed by atoms with Crippen molar-refractivity contribution >= 4 is 5.69 Å². The van der Waals surface area contributed by atoms with Gasteiger partial charge in [-0.25, -0.2) is 0 Å². The Bertz CT molecular complexity index is 245. The highest BCUT2D eigenvalue weighted by Crippen LogP contribution is 2.12. The fourth-order valence-electron chi connectivity index (χ4n) is 1.03. The summed E-state index contributed by atoms with van der Waals surface area (Å²) in [6.45, 7) is 4.42. The first-order valence-electron chi connectivity index (χ1n) is 4.17. The summed E-state index contributed by atoms with van der Waals surface area (Å²) in [7, 11) is 0. The molecule has 0 aliphatic heterocycles. The molecular formula is C10H15NO. The lowest BCUT2D eigenvalue weighted by atomic mass is 10.2. The van der Waals surface area contributed by atoms with Crippen molar-refractivity contribution in [1.29, 1.82) is 0 Å². The molecule has 0 saturated carbocycles. The van der Waals surface area contributed by atoms with E-state index in [0.29, 0.717) is 6.54 Å². The fourth-order valence-corrected chi connectivity index (χ4v) is 1.03. The Hall–Kier alpha value is -1.02. The van der Waals surface area contributed by atoms with Crippen LogP contribution in [-0.4, -0.2) is 17.8 Å². The Balaban J connectivity index is 2.57. The first-order chi connectivity index (χ1) is 5.70. The molecule has 12 heavy (non-hydrogen) atoms. The molecule has 0 radical (unpaired) electrons. The molecule has 1 rings (SSSR count). The average molecular weight is 165 g/mol. The number of hydrogen-bond acceptors (Lipinski definition) is 2. The van der Waals surface area contributed by atoms with Gasteiger partial charge < -0.3 is 10.4 Å². The Morgan fingerprint density at radius 1 is 1.42 bits per heavy atom. The number of hydrogen-bond donors (Lipinski definition) is 2. The zero-order chi connectivity index (χ0) is 8.97. The number of benzene rings is 1. The largest absolute Gasteiger partial charge is 0.392 e. The molecule has 0 aliphatic carbocycles. The maximum atomic E-state index is 9.04. The van der Waals surface area contributed by atoms with E-state index in [1.165, 1.54) is 5.56 Å². The van der Waals surface area contributed by atoms with E-state index in [-0.39, 0.29) is 6.10 Å². The normalized spacial score (nSPS) is 12.6. The maximum Gasteiger partial charge on any atom is 0.0684 e. The summed E-state index contributed by atoms with van der Waals surface area (Å²) in [5.41, 5.74) is 2.30. The van der Waals surface area contributed by atoms with Crippen LogP contribution in [-0.2, 0) is 0 Å². The van der Waals surface area contributed by atoms with Crippen LogP contribution in [0.5, 0.6) is 0 Å². The molecule has 0 heterocycles. The second kappa shape index (κ2) is 4.12. The SMILES string of the molecule is Cc1ccccc1NCC(C)O. The molecule has 1 aromatic rings. The summed E-state index contributed by atoms with van der Waals surface area (Å²) in [5, 5.41) is 12.2. The molecule has 66 valence electrons. The van der Waals surface area contributed by atoms with E-state index in [0.717, 1.165) is 5.69 Å². The van der Waals surface area contributed by atoms with Gasteiger partial charge in [-0.2, -0.15) is 0 Å². The van der Waals surface area contributed by atoms with Gasteiger partial charge in [-0.1, -0.05) is 18.2 Å². The van der Waals surface area contributed by atoms with Gasteiger partial charge in [-0.3, -0.25) is 0 Å². The molecule has 2 nitrogen and oxygen atoms in total. The Morgan fingerprint density at radius 3 is 2.67 bits per heavy atom. The van der Waals surface area contributed by atoms with Crippen molar-refractivity contribution in [1.82, 2.24) is 0 Å². The highest BCUT2D eigenvalue weighted by Gasteiger charge is 1.97. The smallest absolute Gasteiger partial charge is 0.0684 e. The van der Waals surface area contributed by atoms with Crippen LogP contribution in [0.25, 0.3) is 0 Å². The summed E-state index contributed by atoms with van der Waals surface area (Å²) in [6.07, 6.45) is -0.301. The van der Waals surface area contributed by atoms with Gasteiger partial charge in [0.1, 0.15) is 0 Å². The highest BCUT2D eigenvalue weighted by atomic mass is 16.3. The van der Waals surface area contributed by atoms with Crippen LogP contribution in [0.4, 0.5) is 5.69 Å². The topological polar surface area (TPSA) is 32.3 Å². The third kappa shape index (κ3) is 2.55. The third-order valence-corrected chi connectivity index (χ3v) is 1.73. The van der Waals surface area contributed by atoms with Crippen LogP contribution in [0.1, 0.15) is 12.5 Å². The minimum Gasteiger partial charge on any atom is -0.392 e. The maximum absolute atomic E-state index is 9.04. The second-order valence-electron chi connectivity index (χ2n) is 3.04. The molecule has 0 aromatic heterocycles. The Morgan fingerprint density at radius 2 is 2.08 bits per heavy atom. The predicted molar refractivity (Wildman–Crippen MR) is 51.3 cm³/mol. The summed E-state index contributed by atoms with van der Waals surface area (Å²) in [5.74, 6) is 0. The number of aryl methyl sites for hydroxylation is 1. The van der Waals surface area contributed by atoms with Crippen molar-refractivity contribution in [3.63, 3.8) is 0 Å². The van der Waals surface area contributed by atoms with Crippen molar-refractivity contribution in [2.75, 3.05) is 11.9 Å². The minimum atomic E-state index is -0.301. The molecule has 0 fully saturated rings. The summed E-state index contributed by atoms with van der Waals surface area (Å²) < 4.78 is 0. The van der Waals surface area contributed by atoms with Gasteiger partial charge in [0, 0.05) is 12.2 Å². The zero-order valence-electron chi connectivity index (χ0n) is 7.54. The molecule has 0 bridgehead atoms. The lowest BCUT2D eigenvalue weighted by molar-refractivity contribution is 0.208. The van der Waals surface area contributed by atoms with E-state index in [2.05, 4.69) is 5.32 Å². The van der Waals surface area contributed by atoms with Crippen molar-refractivity contribution < 1.29 is 5.11 Å². The molecule has 0 aliphatic rings. The monoisotopic (exact) mass is 165 g/mol. The number of aliphatic hydroxyl groups excluding tert-OH is 1. The Kier molecular flexibility index (Phi) is 3.11. The minimum absolute atomic E-state index is 0.301. The second-order valence-corrected chi connectivity index (χ2v) is 3.04. The number of anilines is 1. The average Bonchev–Trinajstić information content (AvgIpc) is 2.03. The zero-order valence-corrected chi connectivity index (χ0v) is 7.54. The van der Waals surface area contributed by atoms with Gasteiger partial charge in [0.25, 0.3) is 0 Å². The van der Waals surface area contributed by atoms with Crippen LogP contribution < -0.4 is 5.32 Å². The van der Waals surface area contributed by atoms with Crippen LogP contribution in [0.3, 0.4) is 0 Å². The lowest BCUT2D eigenvalue weighted by Gasteiger charge is -2.10. The number of nitrogens with one attached hydrogen (secondary N) is 1. The molecule has 2 heteroatoms. The molecule has 1 atom stereocenters. The lowest BCUT2D eigenvalue weighted by Crippen LogP contribution is -2.15. The summed E-state index contributed by atoms with van der Waals surface area (Å²) in [4.78, 5) is 0.